The van der Waals surface area contributed by atoms with Gasteiger partial charge in [0.2, 0.25) is 0 Å². The van der Waals surface area contributed by atoms with Gasteiger partial charge in [-0.3, -0.25) is 4.79 Å². The first-order valence-corrected chi connectivity index (χ1v) is 7.55. The minimum Gasteiger partial charge on any atom is -0.361 e. The molecule has 1 aromatic heterocycles. The monoisotopic (exact) mass is 292 g/mol. The minimum absolute atomic E-state index is 0.0101. The number of H-pyrrole nitrogens is 1. The molecule has 3 aromatic rings. The van der Waals surface area contributed by atoms with Crippen LogP contribution in [0.15, 0.2) is 48.7 Å². The predicted molar refractivity (Wildman–Crippen MR) is 90.3 cm³/mol. The Bertz CT molecular complexity index is 817. The molecule has 0 atom stereocenters. The van der Waals surface area contributed by atoms with Crippen molar-refractivity contribution in [1.82, 2.24) is 10.3 Å². The molecule has 0 bridgehead atoms. The van der Waals surface area contributed by atoms with Crippen LogP contribution in [-0.4, -0.2) is 17.4 Å². The smallest absolute Gasteiger partial charge is 0.251 e. The highest BCUT2D eigenvalue weighted by atomic mass is 16.1. The lowest BCUT2D eigenvalue weighted by Crippen LogP contribution is -2.25. The maximum Gasteiger partial charge on any atom is 0.251 e. The lowest BCUT2D eigenvalue weighted by molar-refractivity contribution is 0.0954. The summed E-state index contributed by atoms with van der Waals surface area (Å²) in [6.07, 6.45) is 2.77. The Balaban J connectivity index is 1.59. The minimum atomic E-state index is -0.0101. The van der Waals surface area contributed by atoms with E-state index in [2.05, 4.69) is 34.6 Å². The van der Waals surface area contributed by atoms with Crippen molar-refractivity contribution in [3.05, 3.63) is 70.9 Å². The van der Waals surface area contributed by atoms with Gasteiger partial charge in [0.15, 0.2) is 0 Å². The number of fused-ring (bicyclic) bond motifs is 1. The van der Waals surface area contributed by atoms with Crippen molar-refractivity contribution in [2.45, 2.75) is 20.3 Å². The third-order valence-electron chi connectivity index (χ3n) is 4.09. The maximum absolute atomic E-state index is 12.2. The summed E-state index contributed by atoms with van der Waals surface area (Å²) in [5, 5.41) is 4.20. The van der Waals surface area contributed by atoms with E-state index in [4.69, 9.17) is 0 Å². The van der Waals surface area contributed by atoms with Gasteiger partial charge in [0.1, 0.15) is 0 Å². The number of aryl methyl sites for hydroxylation is 2. The van der Waals surface area contributed by atoms with Crippen LogP contribution >= 0.6 is 0 Å². The number of rotatable bonds is 4. The van der Waals surface area contributed by atoms with Gasteiger partial charge in [0.25, 0.3) is 5.91 Å². The van der Waals surface area contributed by atoms with Gasteiger partial charge in [-0.1, -0.05) is 18.2 Å². The molecule has 0 unspecified atom stereocenters. The highest BCUT2D eigenvalue weighted by Gasteiger charge is 2.06. The summed E-state index contributed by atoms with van der Waals surface area (Å²) in [7, 11) is 0. The predicted octanol–water partition coefficient (Wildman–Crippen LogP) is 3.76. The third-order valence-corrected chi connectivity index (χ3v) is 4.09. The number of aromatic nitrogens is 1. The third kappa shape index (κ3) is 3.03. The summed E-state index contributed by atoms with van der Waals surface area (Å²) in [6.45, 7) is 4.71. The Hall–Kier alpha value is -2.55. The topological polar surface area (TPSA) is 44.9 Å². The average molecular weight is 292 g/mol. The van der Waals surface area contributed by atoms with Gasteiger partial charge >= 0.3 is 0 Å². The van der Waals surface area contributed by atoms with E-state index in [1.165, 1.54) is 16.5 Å². The van der Waals surface area contributed by atoms with Crippen LogP contribution < -0.4 is 5.32 Å². The fourth-order valence-electron chi connectivity index (χ4n) is 2.56. The molecule has 0 aliphatic rings. The fraction of sp³-hybridized carbons (Fsp3) is 0.211. The van der Waals surface area contributed by atoms with Crippen molar-refractivity contribution >= 4 is 16.8 Å². The van der Waals surface area contributed by atoms with Crippen LogP contribution in [0.2, 0.25) is 0 Å². The van der Waals surface area contributed by atoms with Gasteiger partial charge in [-0.2, -0.15) is 0 Å². The standard InChI is InChI=1S/C19H20N2O/c1-13-3-5-17(11-14(13)2)19(22)21-9-7-15-4-6-16-8-10-20-18(16)12-15/h3-6,8,10-12,20H,7,9H2,1-2H3,(H,21,22). The van der Waals surface area contributed by atoms with E-state index in [0.29, 0.717) is 6.54 Å². The molecule has 3 nitrogen and oxygen atoms in total. The van der Waals surface area contributed by atoms with Crippen molar-refractivity contribution in [1.29, 1.82) is 0 Å². The quantitative estimate of drug-likeness (QED) is 0.755. The van der Waals surface area contributed by atoms with Crippen molar-refractivity contribution in [2.24, 2.45) is 0 Å². The number of hydrogen-bond acceptors (Lipinski definition) is 1. The molecule has 2 N–H and O–H groups in total. The van der Waals surface area contributed by atoms with Crippen LogP contribution in [0.3, 0.4) is 0 Å². The first kappa shape index (κ1) is 14.4. The fourth-order valence-corrected chi connectivity index (χ4v) is 2.56. The normalized spacial score (nSPS) is 10.8. The molecule has 0 spiro atoms. The second-order valence-corrected chi connectivity index (χ2v) is 5.70. The molecule has 22 heavy (non-hydrogen) atoms. The molecule has 0 fully saturated rings. The van der Waals surface area contributed by atoms with E-state index < -0.39 is 0 Å². The van der Waals surface area contributed by atoms with Crippen molar-refractivity contribution in [2.75, 3.05) is 6.54 Å². The molecule has 2 aromatic carbocycles. The van der Waals surface area contributed by atoms with Crippen LogP contribution in [0, 0.1) is 13.8 Å². The first-order chi connectivity index (χ1) is 10.6. The van der Waals surface area contributed by atoms with Crippen LogP contribution in [0.25, 0.3) is 10.9 Å². The molecule has 112 valence electrons. The van der Waals surface area contributed by atoms with Gasteiger partial charge in [-0.25, -0.2) is 0 Å². The number of carbonyl (C=O) groups is 1. The molecule has 0 saturated heterocycles. The van der Waals surface area contributed by atoms with Crippen molar-refractivity contribution < 1.29 is 4.79 Å². The Kier molecular flexibility index (Phi) is 3.96. The molecule has 0 aliphatic carbocycles. The van der Waals surface area contributed by atoms with Gasteiger partial charge in [0.05, 0.1) is 0 Å². The zero-order valence-corrected chi connectivity index (χ0v) is 12.9. The zero-order valence-electron chi connectivity index (χ0n) is 12.9. The van der Waals surface area contributed by atoms with Crippen LogP contribution in [-0.2, 0) is 6.42 Å². The highest BCUT2D eigenvalue weighted by Crippen LogP contribution is 2.14. The molecule has 0 radical (unpaired) electrons. The van der Waals surface area contributed by atoms with Gasteiger partial charge in [0, 0.05) is 23.8 Å². The van der Waals surface area contributed by atoms with Crippen molar-refractivity contribution in [3.63, 3.8) is 0 Å². The number of amides is 1. The molecule has 0 saturated carbocycles. The molecular formula is C19H20N2O. The summed E-state index contributed by atoms with van der Waals surface area (Å²) in [5.74, 6) is -0.0101. The molecule has 0 aliphatic heterocycles. The average Bonchev–Trinajstić information content (AvgIpc) is 2.97. The number of hydrogen-bond donors (Lipinski definition) is 2. The molecule has 3 heteroatoms. The SMILES string of the molecule is Cc1ccc(C(=O)NCCc2ccc3cc[nH]c3c2)cc1C. The van der Waals surface area contributed by atoms with E-state index in [9.17, 15) is 4.79 Å². The second kappa shape index (κ2) is 6.06. The van der Waals surface area contributed by atoms with E-state index in [0.717, 1.165) is 23.1 Å². The highest BCUT2D eigenvalue weighted by molar-refractivity contribution is 5.94. The maximum atomic E-state index is 12.2. The Labute approximate surface area is 130 Å². The Morgan fingerprint density at radius 2 is 1.91 bits per heavy atom. The summed E-state index contributed by atoms with van der Waals surface area (Å²) < 4.78 is 0. The Morgan fingerprint density at radius 3 is 2.73 bits per heavy atom. The lowest BCUT2D eigenvalue weighted by atomic mass is 10.1. The summed E-state index contributed by atoms with van der Waals surface area (Å²) in [5.41, 5.74) is 5.43. The molecular weight excluding hydrogens is 272 g/mol. The van der Waals surface area contributed by atoms with Gasteiger partial charge < -0.3 is 10.3 Å². The molecule has 3 rings (SSSR count). The lowest BCUT2D eigenvalue weighted by Gasteiger charge is -2.07. The molecule has 1 amide bonds. The largest absolute Gasteiger partial charge is 0.361 e. The van der Waals surface area contributed by atoms with E-state index >= 15 is 0 Å². The number of benzene rings is 2. The zero-order chi connectivity index (χ0) is 15.5. The van der Waals surface area contributed by atoms with Gasteiger partial charge in [-0.05, 0) is 66.6 Å². The van der Waals surface area contributed by atoms with E-state index in [1.54, 1.807) is 0 Å². The summed E-state index contributed by atoms with van der Waals surface area (Å²) in [4.78, 5) is 15.4. The van der Waals surface area contributed by atoms with Crippen LogP contribution in [0.5, 0.6) is 0 Å². The number of aromatic amines is 1. The number of carbonyl (C=O) groups excluding carboxylic acids is 1. The second-order valence-electron chi connectivity index (χ2n) is 5.70. The van der Waals surface area contributed by atoms with Crippen LogP contribution in [0.4, 0.5) is 0 Å². The van der Waals surface area contributed by atoms with E-state index in [-0.39, 0.29) is 5.91 Å². The number of nitrogens with one attached hydrogen (secondary N) is 2. The van der Waals surface area contributed by atoms with E-state index in [1.807, 2.05) is 38.2 Å². The van der Waals surface area contributed by atoms with Crippen LogP contribution in [0.1, 0.15) is 27.0 Å². The Morgan fingerprint density at radius 1 is 1.05 bits per heavy atom. The van der Waals surface area contributed by atoms with Crippen molar-refractivity contribution in [3.8, 4) is 0 Å². The summed E-state index contributed by atoms with van der Waals surface area (Å²) in [6, 6.07) is 14.2. The molecule has 1 heterocycles. The van der Waals surface area contributed by atoms with Gasteiger partial charge in [-0.15, -0.1) is 0 Å². The first-order valence-electron chi connectivity index (χ1n) is 7.55. The summed E-state index contributed by atoms with van der Waals surface area (Å²) >= 11 is 0.